The first-order chi connectivity index (χ1) is 24.6. The summed E-state index contributed by atoms with van der Waals surface area (Å²) in [4.78, 5) is 53.4. The Balaban J connectivity index is 0.00000336. The minimum Gasteiger partial charge on any atom is -0.495 e. The zero-order chi connectivity index (χ0) is 36.5. The molecule has 2 heterocycles. The van der Waals surface area contributed by atoms with Crippen LogP contribution in [0.1, 0.15) is 58.4 Å². The van der Waals surface area contributed by atoms with Crippen LogP contribution in [0.3, 0.4) is 0 Å². The molecule has 0 aliphatic carbocycles. The topological polar surface area (TPSA) is 172 Å². The molecule has 0 atom stereocenters. The lowest BCUT2D eigenvalue weighted by atomic mass is 9.95. The molecule has 4 aromatic rings. The van der Waals surface area contributed by atoms with Gasteiger partial charge in [-0.25, -0.2) is 4.98 Å². The van der Waals surface area contributed by atoms with Crippen molar-refractivity contribution in [1.29, 1.82) is 0 Å². The molecular formula is C38H53Cl3N8O5. The van der Waals surface area contributed by atoms with Crippen LogP contribution in [0.2, 0.25) is 0 Å². The van der Waals surface area contributed by atoms with Gasteiger partial charge in [-0.15, -0.1) is 37.2 Å². The van der Waals surface area contributed by atoms with Crippen LogP contribution in [0.25, 0.3) is 22.2 Å². The number of aromatic nitrogens is 2. The van der Waals surface area contributed by atoms with Crippen molar-refractivity contribution in [2.75, 3.05) is 77.3 Å². The number of unbranched alkanes of at least 4 members (excludes halogenated alkanes) is 2. The van der Waals surface area contributed by atoms with Gasteiger partial charge < -0.3 is 45.9 Å². The van der Waals surface area contributed by atoms with E-state index < -0.39 is 11.8 Å². The summed E-state index contributed by atoms with van der Waals surface area (Å²) in [6.07, 6.45) is 3.73. The van der Waals surface area contributed by atoms with Gasteiger partial charge in [-0.3, -0.25) is 14.4 Å². The van der Waals surface area contributed by atoms with Crippen LogP contribution in [0.15, 0.2) is 48.5 Å². The number of nitrogens with zero attached hydrogens (tertiary/aromatic N) is 4. The number of rotatable bonds is 16. The first-order valence-electron chi connectivity index (χ1n) is 17.5. The Morgan fingerprint density at radius 1 is 0.963 bits per heavy atom. The van der Waals surface area contributed by atoms with E-state index in [-0.39, 0.29) is 60.0 Å². The van der Waals surface area contributed by atoms with E-state index in [1.165, 1.54) is 12.0 Å². The number of halogens is 3. The van der Waals surface area contributed by atoms with Crippen molar-refractivity contribution in [3.8, 4) is 22.6 Å². The van der Waals surface area contributed by atoms with Gasteiger partial charge in [0.25, 0.3) is 11.8 Å². The number of para-hydroxylation sites is 1. The maximum absolute atomic E-state index is 14.1. The van der Waals surface area contributed by atoms with Crippen molar-refractivity contribution < 1.29 is 23.9 Å². The number of carbonyl (C=O) groups is 3. The number of methoxy groups -OCH3 is 1. The lowest BCUT2D eigenvalue weighted by Crippen LogP contribution is -2.47. The summed E-state index contributed by atoms with van der Waals surface area (Å²) in [5, 5.41) is 3.24. The smallest absolute Gasteiger partial charge is 0.259 e. The SMILES string of the molecule is COc1c(-c2cccc3[nH]c(NCCCN)nc23)ccc(C(=O)N(C)c2ccc(C)cc2OCCCCCC(=O)N2CCN(C)CC2)c1C(N)=O.Cl.Cl.Cl. The average molecular weight is 808 g/mol. The quantitative estimate of drug-likeness (QED) is 0.104. The molecule has 16 heteroatoms. The maximum Gasteiger partial charge on any atom is 0.259 e. The van der Waals surface area contributed by atoms with Crippen molar-refractivity contribution in [3.05, 3.63) is 65.2 Å². The highest BCUT2D eigenvalue weighted by Crippen LogP contribution is 2.39. The number of hydrogen-bond acceptors (Lipinski definition) is 9. The van der Waals surface area contributed by atoms with Gasteiger partial charge in [0.15, 0.2) is 0 Å². The number of likely N-dealkylation sites (N-methyl/N-ethyl adjacent to an activating group) is 1. The Morgan fingerprint density at radius 3 is 2.39 bits per heavy atom. The number of piperazine rings is 1. The van der Waals surface area contributed by atoms with Gasteiger partial charge in [0, 0.05) is 57.3 Å². The number of carbonyl (C=O) groups excluding carboxylic acids is 3. The molecule has 0 bridgehead atoms. The Bertz CT molecular complexity index is 1870. The first kappa shape index (κ1) is 45.9. The van der Waals surface area contributed by atoms with E-state index in [2.05, 4.69) is 22.2 Å². The van der Waals surface area contributed by atoms with Gasteiger partial charge in [0.2, 0.25) is 11.9 Å². The van der Waals surface area contributed by atoms with E-state index in [1.54, 1.807) is 19.2 Å². The van der Waals surface area contributed by atoms with Crippen molar-refractivity contribution in [3.63, 3.8) is 0 Å². The minimum atomic E-state index is -0.796. The summed E-state index contributed by atoms with van der Waals surface area (Å²) < 4.78 is 12.0. The predicted molar refractivity (Wildman–Crippen MR) is 222 cm³/mol. The highest BCUT2D eigenvalue weighted by atomic mass is 35.5. The molecule has 0 saturated carbocycles. The Labute approximate surface area is 335 Å². The Kier molecular flexibility index (Phi) is 18.3. The zero-order valence-corrected chi connectivity index (χ0v) is 33.8. The number of nitrogens with two attached hydrogens (primary N) is 2. The van der Waals surface area contributed by atoms with Gasteiger partial charge in [-0.2, -0.15) is 0 Å². The second-order valence-electron chi connectivity index (χ2n) is 13.0. The van der Waals surface area contributed by atoms with Crippen molar-refractivity contribution in [2.24, 2.45) is 11.5 Å². The molecule has 1 aliphatic rings. The normalized spacial score (nSPS) is 12.6. The summed E-state index contributed by atoms with van der Waals surface area (Å²) in [6.45, 7) is 7.01. The number of ether oxygens (including phenoxy) is 2. The number of aromatic amines is 1. The molecule has 13 nitrogen and oxygen atoms in total. The lowest BCUT2D eigenvalue weighted by Gasteiger charge is -2.32. The van der Waals surface area contributed by atoms with Crippen LogP contribution in [-0.2, 0) is 4.79 Å². The van der Waals surface area contributed by atoms with Crippen LogP contribution in [0.5, 0.6) is 11.5 Å². The molecule has 3 aromatic carbocycles. The van der Waals surface area contributed by atoms with Crippen LogP contribution < -0.4 is 31.2 Å². The molecule has 0 unspecified atom stereocenters. The maximum atomic E-state index is 14.1. The van der Waals surface area contributed by atoms with Gasteiger partial charge >= 0.3 is 0 Å². The highest BCUT2D eigenvalue weighted by Gasteiger charge is 2.28. The van der Waals surface area contributed by atoms with Crippen LogP contribution in [0.4, 0.5) is 11.6 Å². The molecule has 1 fully saturated rings. The molecule has 1 aromatic heterocycles. The number of H-pyrrole nitrogens is 1. The fourth-order valence-electron chi connectivity index (χ4n) is 6.33. The van der Waals surface area contributed by atoms with Gasteiger partial charge in [-0.05, 0) is 82.1 Å². The minimum absolute atomic E-state index is 0. The number of hydrogen-bond donors (Lipinski definition) is 4. The summed E-state index contributed by atoms with van der Waals surface area (Å²) in [5.41, 5.74) is 15.9. The third-order valence-electron chi connectivity index (χ3n) is 9.24. The second-order valence-corrected chi connectivity index (χ2v) is 13.0. The molecule has 6 N–H and O–H groups in total. The fraction of sp³-hybridized carbons (Fsp3) is 0.421. The zero-order valence-electron chi connectivity index (χ0n) is 31.3. The number of nitrogens with one attached hydrogen (secondary N) is 2. The standard InChI is InChI=1S/C38H50N8O5.3ClH/c1-25-13-16-30(31(24-25)51-23-7-5-6-12-32(47)46-21-19-44(2)20-22-46)45(3)37(49)28-15-14-27(35(50-4)33(28)36(40)48)26-10-8-11-29-34(26)43-38(42-29)41-18-9-17-39;;;/h8,10-11,13-16,24H,5-7,9,12,17-23,39H2,1-4H3,(H2,40,48)(H2,41,42,43);3*1H. The van der Waals surface area contributed by atoms with Crippen LogP contribution in [0, 0.1) is 6.92 Å². The number of amides is 3. The molecule has 1 saturated heterocycles. The van der Waals surface area contributed by atoms with E-state index >= 15 is 0 Å². The average Bonchev–Trinajstić information content (AvgIpc) is 3.55. The highest BCUT2D eigenvalue weighted by molar-refractivity contribution is 6.15. The van der Waals surface area contributed by atoms with Crippen LogP contribution >= 0.6 is 37.2 Å². The number of aryl methyl sites for hydroxylation is 1. The first-order valence-corrected chi connectivity index (χ1v) is 17.5. The molecule has 0 radical (unpaired) electrons. The van der Waals surface area contributed by atoms with E-state index in [0.29, 0.717) is 60.1 Å². The number of imidazole rings is 1. The Morgan fingerprint density at radius 2 is 1.70 bits per heavy atom. The summed E-state index contributed by atoms with van der Waals surface area (Å²) >= 11 is 0. The van der Waals surface area contributed by atoms with Gasteiger partial charge in [-0.1, -0.05) is 18.2 Å². The predicted octanol–water partition coefficient (Wildman–Crippen LogP) is 5.66. The van der Waals surface area contributed by atoms with Gasteiger partial charge in [0.05, 0.1) is 41.6 Å². The third kappa shape index (κ3) is 10.9. The summed E-state index contributed by atoms with van der Waals surface area (Å²) in [6, 6.07) is 14.6. The number of fused-ring (bicyclic) bond motifs is 1. The molecule has 296 valence electrons. The number of anilines is 2. The van der Waals surface area contributed by atoms with Crippen molar-refractivity contribution in [2.45, 2.75) is 39.0 Å². The van der Waals surface area contributed by atoms with E-state index in [0.717, 1.165) is 62.9 Å². The molecule has 3 amide bonds. The lowest BCUT2D eigenvalue weighted by molar-refractivity contribution is -0.132. The monoisotopic (exact) mass is 806 g/mol. The summed E-state index contributed by atoms with van der Waals surface area (Å²) in [5.74, 6) is 0.292. The van der Waals surface area contributed by atoms with Crippen molar-refractivity contribution >= 4 is 77.6 Å². The van der Waals surface area contributed by atoms with Gasteiger partial charge in [0.1, 0.15) is 11.5 Å². The number of primary amides is 1. The molecular weight excluding hydrogens is 755 g/mol. The molecule has 0 spiro atoms. The second kappa shape index (κ2) is 21.6. The van der Waals surface area contributed by atoms with Crippen LogP contribution in [-0.4, -0.2) is 105 Å². The van der Waals surface area contributed by atoms with E-state index in [9.17, 15) is 14.4 Å². The molecule has 5 rings (SSSR count). The van der Waals surface area contributed by atoms with E-state index in [4.69, 9.17) is 25.9 Å². The third-order valence-corrected chi connectivity index (χ3v) is 9.24. The largest absolute Gasteiger partial charge is 0.495 e. The van der Waals surface area contributed by atoms with E-state index in [1.807, 2.05) is 48.2 Å². The summed E-state index contributed by atoms with van der Waals surface area (Å²) in [7, 11) is 5.16. The number of benzene rings is 3. The molecule has 1 aliphatic heterocycles. The van der Waals surface area contributed by atoms with Crippen molar-refractivity contribution in [1.82, 2.24) is 19.8 Å². The Hall–Kier alpha value is -4.27. The molecule has 54 heavy (non-hydrogen) atoms. The fourth-order valence-corrected chi connectivity index (χ4v) is 6.33.